The van der Waals surface area contributed by atoms with E-state index in [0.717, 1.165) is 44.8 Å². The molecule has 102 valence electrons. The van der Waals surface area contributed by atoms with Gasteiger partial charge in [-0.3, -0.25) is 4.90 Å². The number of piperidine rings is 1. The van der Waals surface area contributed by atoms with Crippen molar-refractivity contribution in [2.75, 3.05) is 13.1 Å². The van der Waals surface area contributed by atoms with Crippen LogP contribution in [0.2, 0.25) is 0 Å². The van der Waals surface area contributed by atoms with Crippen molar-refractivity contribution in [1.29, 1.82) is 0 Å². The summed E-state index contributed by atoms with van der Waals surface area (Å²) in [7, 11) is 0. The molecular formula is C14H19N3OS. The van der Waals surface area contributed by atoms with Crippen LogP contribution in [0.3, 0.4) is 0 Å². The van der Waals surface area contributed by atoms with E-state index in [2.05, 4.69) is 27.2 Å². The lowest BCUT2D eigenvalue weighted by Gasteiger charge is -2.29. The second-order valence-electron chi connectivity index (χ2n) is 5.01. The minimum atomic E-state index is 0.493. The zero-order chi connectivity index (χ0) is 13.1. The maximum Gasteiger partial charge on any atom is 0.197 e. The van der Waals surface area contributed by atoms with E-state index in [1.54, 1.807) is 23.8 Å². The molecule has 0 bridgehead atoms. The van der Waals surface area contributed by atoms with E-state index in [0.29, 0.717) is 5.92 Å². The number of thiazole rings is 1. The summed E-state index contributed by atoms with van der Waals surface area (Å²) in [5.74, 6) is 1.40. The predicted molar refractivity (Wildman–Crippen MR) is 75.2 cm³/mol. The molecule has 0 unspecified atom stereocenters. The Hall–Kier alpha value is -1.20. The van der Waals surface area contributed by atoms with Crippen LogP contribution < -0.4 is 0 Å². The molecular weight excluding hydrogens is 258 g/mol. The van der Waals surface area contributed by atoms with Gasteiger partial charge in [0.25, 0.3) is 0 Å². The molecule has 1 fully saturated rings. The van der Waals surface area contributed by atoms with Crippen molar-refractivity contribution in [3.05, 3.63) is 34.4 Å². The van der Waals surface area contributed by atoms with Gasteiger partial charge in [-0.15, -0.1) is 11.3 Å². The van der Waals surface area contributed by atoms with Crippen LogP contribution in [0.4, 0.5) is 0 Å². The lowest BCUT2D eigenvalue weighted by Crippen LogP contribution is -2.32. The quantitative estimate of drug-likeness (QED) is 0.861. The number of nitrogens with zero attached hydrogens (tertiary/aromatic N) is 3. The molecule has 4 nitrogen and oxygen atoms in total. The average molecular weight is 277 g/mol. The molecule has 0 saturated carbocycles. The molecule has 19 heavy (non-hydrogen) atoms. The van der Waals surface area contributed by atoms with Gasteiger partial charge in [-0.2, -0.15) is 0 Å². The van der Waals surface area contributed by atoms with E-state index >= 15 is 0 Å². The Bertz CT molecular complexity index is 501. The Balaban J connectivity index is 1.52. The molecule has 0 spiro atoms. The van der Waals surface area contributed by atoms with Gasteiger partial charge in [0.15, 0.2) is 5.89 Å². The van der Waals surface area contributed by atoms with Gasteiger partial charge < -0.3 is 4.42 Å². The molecule has 0 aliphatic carbocycles. The topological polar surface area (TPSA) is 42.2 Å². The van der Waals surface area contributed by atoms with Gasteiger partial charge in [0.1, 0.15) is 6.26 Å². The lowest BCUT2D eigenvalue weighted by molar-refractivity contribution is 0.191. The largest absolute Gasteiger partial charge is 0.449 e. The number of aryl methyl sites for hydroxylation is 1. The molecule has 2 aromatic rings. The molecule has 0 radical (unpaired) electrons. The summed E-state index contributed by atoms with van der Waals surface area (Å²) in [6.45, 7) is 5.34. The summed E-state index contributed by atoms with van der Waals surface area (Å²) >= 11 is 1.77. The van der Waals surface area contributed by atoms with Gasteiger partial charge in [-0.05, 0) is 32.4 Å². The van der Waals surface area contributed by atoms with Crippen molar-refractivity contribution in [1.82, 2.24) is 14.9 Å². The van der Waals surface area contributed by atoms with Gasteiger partial charge in [-0.1, -0.05) is 6.92 Å². The fourth-order valence-corrected chi connectivity index (χ4v) is 3.32. The van der Waals surface area contributed by atoms with E-state index in [1.807, 2.05) is 0 Å². The first-order chi connectivity index (χ1) is 9.35. The van der Waals surface area contributed by atoms with E-state index in [-0.39, 0.29) is 0 Å². The van der Waals surface area contributed by atoms with Gasteiger partial charge in [-0.25, -0.2) is 9.97 Å². The minimum Gasteiger partial charge on any atom is -0.449 e. The van der Waals surface area contributed by atoms with Gasteiger partial charge in [0, 0.05) is 17.8 Å². The highest BCUT2D eigenvalue weighted by molar-refractivity contribution is 7.09. The molecule has 1 saturated heterocycles. The van der Waals surface area contributed by atoms with E-state index in [9.17, 15) is 0 Å². The number of hydrogen-bond acceptors (Lipinski definition) is 5. The van der Waals surface area contributed by atoms with Crippen molar-refractivity contribution >= 4 is 11.3 Å². The molecule has 3 heterocycles. The van der Waals surface area contributed by atoms with Gasteiger partial charge in [0.2, 0.25) is 0 Å². The Morgan fingerprint density at radius 3 is 2.89 bits per heavy atom. The average Bonchev–Trinajstić information content (AvgIpc) is 3.10. The van der Waals surface area contributed by atoms with Crippen LogP contribution in [0.1, 0.15) is 42.3 Å². The smallest absolute Gasteiger partial charge is 0.197 e. The molecule has 0 aromatic carbocycles. The fourth-order valence-electron chi connectivity index (χ4n) is 2.59. The summed E-state index contributed by atoms with van der Waals surface area (Å²) in [4.78, 5) is 11.4. The van der Waals surface area contributed by atoms with Gasteiger partial charge >= 0.3 is 0 Å². The van der Waals surface area contributed by atoms with E-state index in [1.165, 1.54) is 10.7 Å². The minimum absolute atomic E-state index is 0.493. The zero-order valence-corrected chi connectivity index (χ0v) is 12.0. The van der Waals surface area contributed by atoms with Crippen LogP contribution in [-0.2, 0) is 13.0 Å². The molecule has 1 aliphatic rings. The third kappa shape index (κ3) is 3.04. The second-order valence-corrected chi connectivity index (χ2v) is 5.95. The predicted octanol–water partition coefficient (Wildman–Crippen LogP) is 3.07. The first kappa shape index (κ1) is 12.8. The summed E-state index contributed by atoms with van der Waals surface area (Å²) < 4.78 is 5.40. The van der Waals surface area contributed by atoms with Gasteiger partial charge in [0.05, 0.1) is 16.9 Å². The maximum atomic E-state index is 5.40. The van der Waals surface area contributed by atoms with Crippen LogP contribution >= 0.6 is 11.3 Å². The van der Waals surface area contributed by atoms with Crippen LogP contribution in [0.5, 0.6) is 0 Å². The molecule has 1 aliphatic heterocycles. The molecule has 0 amide bonds. The van der Waals surface area contributed by atoms with Crippen LogP contribution in [0.15, 0.2) is 22.3 Å². The molecule has 3 rings (SSSR count). The Morgan fingerprint density at radius 2 is 2.26 bits per heavy atom. The fraction of sp³-hybridized carbons (Fsp3) is 0.571. The lowest BCUT2D eigenvalue weighted by atomic mass is 9.97. The number of likely N-dealkylation sites (tertiary alicyclic amines) is 1. The Morgan fingerprint density at radius 1 is 1.42 bits per heavy atom. The zero-order valence-electron chi connectivity index (χ0n) is 11.2. The first-order valence-corrected chi connectivity index (χ1v) is 7.78. The first-order valence-electron chi connectivity index (χ1n) is 6.90. The SMILES string of the molecule is CCc1nc(CN2CCC(c3ncco3)CC2)cs1. The molecule has 0 N–H and O–H groups in total. The van der Waals surface area contributed by atoms with Crippen molar-refractivity contribution < 1.29 is 4.42 Å². The maximum absolute atomic E-state index is 5.40. The van der Waals surface area contributed by atoms with Crippen molar-refractivity contribution in [3.8, 4) is 0 Å². The summed E-state index contributed by atoms with van der Waals surface area (Å²) in [5, 5.41) is 3.43. The summed E-state index contributed by atoms with van der Waals surface area (Å²) in [6.07, 6.45) is 6.71. The van der Waals surface area contributed by atoms with Crippen LogP contribution in [-0.4, -0.2) is 28.0 Å². The summed E-state index contributed by atoms with van der Waals surface area (Å²) in [5.41, 5.74) is 1.22. The van der Waals surface area contributed by atoms with Crippen LogP contribution in [0.25, 0.3) is 0 Å². The number of rotatable bonds is 4. The van der Waals surface area contributed by atoms with Crippen molar-refractivity contribution in [2.24, 2.45) is 0 Å². The van der Waals surface area contributed by atoms with E-state index < -0.39 is 0 Å². The summed E-state index contributed by atoms with van der Waals surface area (Å²) in [6, 6.07) is 0. The van der Waals surface area contributed by atoms with Crippen molar-refractivity contribution in [2.45, 2.75) is 38.6 Å². The number of hydrogen-bond donors (Lipinski definition) is 0. The number of aromatic nitrogens is 2. The highest BCUT2D eigenvalue weighted by atomic mass is 32.1. The van der Waals surface area contributed by atoms with Crippen molar-refractivity contribution in [3.63, 3.8) is 0 Å². The highest BCUT2D eigenvalue weighted by Gasteiger charge is 2.23. The monoisotopic (exact) mass is 277 g/mol. The molecule has 0 atom stereocenters. The molecule has 2 aromatic heterocycles. The second kappa shape index (κ2) is 5.84. The normalized spacial score (nSPS) is 17.9. The third-order valence-corrected chi connectivity index (χ3v) is 4.72. The standard InChI is InChI=1S/C14H19N3OS/c1-2-13-16-12(10-19-13)9-17-6-3-11(4-7-17)14-15-5-8-18-14/h5,8,10-11H,2-4,6-7,9H2,1H3. The van der Waals surface area contributed by atoms with E-state index in [4.69, 9.17) is 4.42 Å². The number of oxazole rings is 1. The van der Waals surface area contributed by atoms with Crippen LogP contribution in [0, 0.1) is 0 Å². The highest BCUT2D eigenvalue weighted by Crippen LogP contribution is 2.27. The Kier molecular flexibility index (Phi) is 3.94. The Labute approximate surface area is 117 Å². The third-order valence-electron chi connectivity index (χ3n) is 3.68. The molecule has 5 heteroatoms.